The van der Waals surface area contributed by atoms with Crippen LogP contribution in [0.15, 0.2) is 17.3 Å². The first-order valence-corrected chi connectivity index (χ1v) is 8.93. The van der Waals surface area contributed by atoms with E-state index < -0.39 is 0 Å². The molecule has 1 fully saturated rings. The fourth-order valence-electron chi connectivity index (χ4n) is 2.80. The highest BCUT2D eigenvalue weighted by Crippen LogP contribution is 2.27. The molecule has 0 unspecified atom stereocenters. The normalized spacial score (nSPS) is 20.2. The van der Waals surface area contributed by atoms with E-state index in [2.05, 4.69) is 45.6 Å². The van der Waals surface area contributed by atoms with Gasteiger partial charge in [-0.05, 0) is 25.2 Å². The van der Waals surface area contributed by atoms with Gasteiger partial charge in [0.1, 0.15) is 5.84 Å². The molecule has 1 aliphatic rings. The van der Waals surface area contributed by atoms with Gasteiger partial charge in [-0.1, -0.05) is 40.7 Å². The molecule has 0 radical (unpaired) electrons. The van der Waals surface area contributed by atoms with Gasteiger partial charge in [0, 0.05) is 25.3 Å². The van der Waals surface area contributed by atoms with Crippen molar-refractivity contribution in [1.82, 2.24) is 4.90 Å². The number of ether oxygens (including phenoxy) is 2. The summed E-state index contributed by atoms with van der Waals surface area (Å²) in [4.78, 5) is 7.28. The van der Waals surface area contributed by atoms with Crippen LogP contribution in [-0.4, -0.2) is 50.3 Å². The second-order valence-electron chi connectivity index (χ2n) is 7.77. The number of hydrogen-bond donors (Lipinski definition) is 0. The molecule has 1 rings (SSSR count). The van der Waals surface area contributed by atoms with Crippen LogP contribution >= 0.6 is 0 Å². The molecule has 0 spiro atoms. The van der Waals surface area contributed by atoms with Gasteiger partial charge < -0.3 is 14.4 Å². The minimum atomic E-state index is 0.0390. The Balaban J connectivity index is 2.72. The maximum Gasteiger partial charge on any atom is 0.110 e. The van der Waals surface area contributed by atoms with Crippen molar-refractivity contribution >= 4 is 5.84 Å². The van der Waals surface area contributed by atoms with Crippen LogP contribution in [0.5, 0.6) is 0 Å². The second kappa shape index (κ2) is 10.1. The van der Waals surface area contributed by atoms with Crippen LogP contribution in [-0.2, 0) is 9.47 Å². The molecule has 0 aromatic carbocycles. The van der Waals surface area contributed by atoms with Crippen LogP contribution in [0.4, 0.5) is 0 Å². The summed E-state index contributed by atoms with van der Waals surface area (Å²) >= 11 is 0. The summed E-state index contributed by atoms with van der Waals surface area (Å²) in [5.41, 5.74) is 0.0390. The van der Waals surface area contributed by atoms with Gasteiger partial charge in [0.15, 0.2) is 0 Å². The Bertz CT molecular complexity index is 383. The van der Waals surface area contributed by atoms with E-state index in [9.17, 15) is 0 Å². The van der Waals surface area contributed by atoms with Crippen molar-refractivity contribution in [3.8, 4) is 0 Å². The van der Waals surface area contributed by atoms with E-state index in [1.165, 1.54) is 18.7 Å². The van der Waals surface area contributed by atoms with Gasteiger partial charge in [-0.25, -0.2) is 4.99 Å². The van der Waals surface area contributed by atoms with Crippen molar-refractivity contribution in [3.05, 3.63) is 12.3 Å². The van der Waals surface area contributed by atoms with E-state index in [4.69, 9.17) is 14.5 Å². The topological polar surface area (TPSA) is 34.1 Å². The molecular weight excluding hydrogens is 288 g/mol. The van der Waals surface area contributed by atoms with Gasteiger partial charge in [0.25, 0.3) is 0 Å². The highest BCUT2D eigenvalue weighted by atomic mass is 16.5. The van der Waals surface area contributed by atoms with E-state index in [1.54, 1.807) is 7.11 Å². The first kappa shape index (κ1) is 20.2. The second-order valence-corrected chi connectivity index (χ2v) is 7.77. The van der Waals surface area contributed by atoms with Gasteiger partial charge in [-0.3, -0.25) is 0 Å². The maximum atomic E-state index is 5.77. The zero-order valence-electron chi connectivity index (χ0n) is 16.0. The molecule has 23 heavy (non-hydrogen) atoms. The molecule has 1 atom stereocenters. The monoisotopic (exact) mass is 324 g/mol. The highest BCUT2D eigenvalue weighted by Gasteiger charge is 2.33. The summed E-state index contributed by atoms with van der Waals surface area (Å²) in [5.74, 6) is 1.85. The summed E-state index contributed by atoms with van der Waals surface area (Å²) in [6.45, 7) is 14.3. The van der Waals surface area contributed by atoms with Gasteiger partial charge in [-0.2, -0.15) is 0 Å². The highest BCUT2D eigenvalue weighted by molar-refractivity contribution is 5.88. The van der Waals surface area contributed by atoms with E-state index in [1.807, 2.05) is 6.20 Å². The molecule has 4 heteroatoms. The minimum absolute atomic E-state index is 0.0390. The molecule has 0 aliphatic carbocycles. The molecule has 1 aliphatic heterocycles. The van der Waals surface area contributed by atoms with Crippen LogP contribution in [0, 0.1) is 11.3 Å². The first-order valence-electron chi connectivity index (χ1n) is 8.93. The Morgan fingerprint density at radius 1 is 1.30 bits per heavy atom. The van der Waals surface area contributed by atoms with Crippen molar-refractivity contribution in [1.29, 1.82) is 0 Å². The van der Waals surface area contributed by atoms with Crippen LogP contribution in [0.3, 0.4) is 0 Å². The maximum absolute atomic E-state index is 5.77. The minimum Gasteiger partial charge on any atom is -0.382 e. The van der Waals surface area contributed by atoms with Gasteiger partial charge in [0.2, 0.25) is 0 Å². The Morgan fingerprint density at radius 2 is 2.04 bits per heavy atom. The predicted molar refractivity (Wildman–Crippen MR) is 97.9 cm³/mol. The third kappa shape index (κ3) is 7.49. The van der Waals surface area contributed by atoms with Crippen LogP contribution in [0.2, 0.25) is 0 Å². The lowest BCUT2D eigenvalue weighted by Crippen LogP contribution is -2.44. The quantitative estimate of drug-likeness (QED) is 0.383. The van der Waals surface area contributed by atoms with E-state index in [0.29, 0.717) is 25.2 Å². The summed E-state index contributed by atoms with van der Waals surface area (Å²) in [7, 11) is 1.71. The third-order valence-corrected chi connectivity index (χ3v) is 3.97. The number of aliphatic imine (C=N–C) groups is 1. The fraction of sp³-hybridized carbons (Fsp3) is 0.842. The number of amidine groups is 1. The molecule has 0 saturated carbocycles. The number of hydrogen-bond acceptors (Lipinski definition) is 3. The molecule has 0 amide bonds. The summed E-state index contributed by atoms with van der Waals surface area (Å²) in [6, 6.07) is 0.434. The van der Waals surface area contributed by atoms with E-state index in [0.717, 1.165) is 19.6 Å². The number of allylic oxidation sites excluding steroid dienone is 1. The molecule has 4 nitrogen and oxygen atoms in total. The average Bonchev–Trinajstić information content (AvgIpc) is 2.89. The zero-order chi connectivity index (χ0) is 17.3. The summed E-state index contributed by atoms with van der Waals surface area (Å²) in [5, 5.41) is 0. The fourth-order valence-corrected chi connectivity index (χ4v) is 2.80. The van der Waals surface area contributed by atoms with Crippen LogP contribution in [0.1, 0.15) is 53.9 Å². The number of nitrogens with zero attached hydrogens (tertiary/aromatic N) is 2. The molecule has 0 bridgehead atoms. The lowest BCUT2D eigenvalue weighted by molar-refractivity contribution is 0.0499. The summed E-state index contributed by atoms with van der Waals surface area (Å²) < 4.78 is 10.8. The number of rotatable bonds is 8. The van der Waals surface area contributed by atoms with Crippen LogP contribution in [0.25, 0.3) is 0 Å². The third-order valence-electron chi connectivity index (χ3n) is 3.97. The Kier molecular flexibility index (Phi) is 8.85. The van der Waals surface area contributed by atoms with Crippen molar-refractivity contribution in [2.75, 3.05) is 33.5 Å². The van der Waals surface area contributed by atoms with Crippen molar-refractivity contribution in [2.24, 2.45) is 16.3 Å². The van der Waals surface area contributed by atoms with Crippen molar-refractivity contribution in [2.45, 2.75) is 59.9 Å². The van der Waals surface area contributed by atoms with Crippen LogP contribution < -0.4 is 0 Å². The van der Waals surface area contributed by atoms with Gasteiger partial charge >= 0.3 is 0 Å². The van der Waals surface area contributed by atoms with Crippen molar-refractivity contribution < 1.29 is 9.47 Å². The lowest BCUT2D eigenvalue weighted by Gasteiger charge is -2.34. The Hall–Kier alpha value is -0.870. The zero-order valence-corrected chi connectivity index (χ0v) is 16.0. The molecular formula is C19H36N2O2. The molecule has 134 valence electrons. The van der Waals surface area contributed by atoms with Gasteiger partial charge in [-0.15, -0.1) is 0 Å². The van der Waals surface area contributed by atoms with Gasteiger partial charge in [0.05, 0.1) is 25.9 Å². The molecule has 0 aromatic heterocycles. The lowest BCUT2D eigenvalue weighted by atomic mass is 9.93. The molecule has 0 aromatic rings. The average molecular weight is 325 g/mol. The summed E-state index contributed by atoms with van der Waals surface area (Å²) in [6.07, 6.45) is 7.63. The van der Waals surface area contributed by atoms with Crippen molar-refractivity contribution in [3.63, 3.8) is 0 Å². The predicted octanol–water partition coefficient (Wildman–Crippen LogP) is 4.12. The number of likely N-dealkylation sites (tertiary alicyclic amines) is 1. The largest absolute Gasteiger partial charge is 0.382 e. The SMILES string of the molecule is COCCOC[C@@H]1CCCN1C(=N/C=C/CC(C)C)C(C)(C)C. The van der Waals surface area contributed by atoms with E-state index in [-0.39, 0.29) is 5.41 Å². The Morgan fingerprint density at radius 3 is 2.65 bits per heavy atom. The van der Waals surface area contributed by atoms with E-state index >= 15 is 0 Å². The molecule has 1 heterocycles. The Labute approximate surface area is 142 Å². The standard InChI is InChI=1S/C19H36N2O2/c1-16(2)9-7-11-20-18(19(3,4)5)21-12-8-10-17(21)15-23-14-13-22-6/h7,11,16-17H,8-10,12-15H2,1-6H3/b11-7+,20-18?/t17-/m0/s1. The molecule has 1 saturated heterocycles. The number of methoxy groups -OCH3 is 1. The smallest absolute Gasteiger partial charge is 0.110 e. The first-order chi connectivity index (χ1) is 10.9. The molecule has 0 N–H and O–H groups in total.